The highest BCUT2D eigenvalue weighted by Crippen LogP contribution is 2.39. The Kier molecular flexibility index (Phi) is 4.49. The fourth-order valence-electron chi connectivity index (χ4n) is 2.51. The van der Waals surface area contributed by atoms with Crippen LogP contribution in [0.25, 0.3) is 6.08 Å². The van der Waals surface area contributed by atoms with Gasteiger partial charge >= 0.3 is 0 Å². The Morgan fingerprint density at radius 2 is 1.83 bits per heavy atom. The minimum atomic E-state index is -0.433. The molecule has 0 fully saturated rings. The molecule has 2 aromatic rings. The molecule has 0 saturated heterocycles. The number of ketones is 1. The maximum Gasteiger partial charge on any atom is 0.200 e. The van der Waals surface area contributed by atoms with Gasteiger partial charge in [0, 0.05) is 21.8 Å². The van der Waals surface area contributed by atoms with E-state index in [0.717, 1.165) is 4.90 Å². The smallest absolute Gasteiger partial charge is 0.200 e. The van der Waals surface area contributed by atoms with Gasteiger partial charge in [0.25, 0.3) is 0 Å². The summed E-state index contributed by atoms with van der Waals surface area (Å²) in [5, 5.41) is 9.95. The van der Waals surface area contributed by atoms with E-state index in [1.54, 1.807) is 24.3 Å². The molecule has 0 radical (unpaired) electrons. The van der Waals surface area contributed by atoms with Crippen molar-refractivity contribution in [1.29, 1.82) is 0 Å². The average molecular weight is 346 g/mol. The third kappa shape index (κ3) is 2.97. The maximum atomic E-state index is 13.4. The lowest BCUT2D eigenvalue weighted by atomic mass is 10.0. The first-order valence-corrected chi connectivity index (χ1v) is 8.14. The molecular formula is C18H15FO4S. The van der Waals surface area contributed by atoms with Crippen LogP contribution in [0, 0.1) is 5.82 Å². The molecule has 1 aliphatic heterocycles. The number of carbonyl (C=O) groups excluding carboxylic acids is 1. The summed E-state index contributed by atoms with van der Waals surface area (Å²) in [5.41, 5.74) is 1.58. The zero-order valence-electron chi connectivity index (χ0n) is 13.1. The highest BCUT2D eigenvalue weighted by Gasteiger charge is 2.23. The summed E-state index contributed by atoms with van der Waals surface area (Å²) in [6.07, 6.45) is 1.70. The maximum absolute atomic E-state index is 13.4. The summed E-state index contributed by atoms with van der Waals surface area (Å²) in [6.45, 7) is 0. The number of aromatic hydroxyl groups is 1. The molecule has 24 heavy (non-hydrogen) atoms. The number of fused-ring (bicyclic) bond motifs is 1. The van der Waals surface area contributed by atoms with Crippen LogP contribution in [0.2, 0.25) is 0 Å². The van der Waals surface area contributed by atoms with Gasteiger partial charge in [-0.2, -0.15) is 0 Å². The molecule has 0 aromatic heterocycles. The Balaban J connectivity index is 2.02. The van der Waals surface area contributed by atoms with Crippen molar-refractivity contribution < 1.29 is 23.8 Å². The monoisotopic (exact) mass is 346 g/mol. The zero-order valence-corrected chi connectivity index (χ0v) is 13.9. The van der Waals surface area contributed by atoms with Gasteiger partial charge in [0.15, 0.2) is 17.3 Å². The topological polar surface area (TPSA) is 55.8 Å². The summed E-state index contributed by atoms with van der Waals surface area (Å²) < 4.78 is 23.7. The molecule has 0 bridgehead atoms. The van der Waals surface area contributed by atoms with E-state index in [2.05, 4.69) is 0 Å². The van der Waals surface area contributed by atoms with Gasteiger partial charge in [-0.25, -0.2) is 4.39 Å². The molecule has 0 unspecified atom stereocenters. The minimum absolute atomic E-state index is 0.0982. The fraction of sp³-hybridized carbons (Fsp3) is 0.167. The van der Waals surface area contributed by atoms with E-state index in [-0.39, 0.29) is 23.0 Å². The normalized spacial score (nSPS) is 15.3. The first-order valence-electron chi connectivity index (χ1n) is 7.16. The number of methoxy groups -OCH3 is 2. The van der Waals surface area contributed by atoms with Crippen molar-refractivity contribution in [2.24, 2.45) is 0 Å². The molecule has 0 aliphatic carbocycles. The van der Waals surface area contributed by atoms with Crippen LogP contribution >= 0.6 is 11.8 Å². The van der Waals surface area contributed by atoms with Crippen molar-refractivity contribution in [1.82, 2.24) is 0 Å². The second kappa shape index (κ2) is 6.57. The number of hydrogen-bond donors (Lipinski definition) is 1. The second-order valence-corrected chi connectivity index (χ2v) is 6.22. The zero-order chi connectivity index (χ0) is 17.3. The predicted octanol–water partition coefficient (Wildman–Crippen LogP) is 3.92. The number of halogens is 1. The number of carbonyl (C=O) groups is 1. The number of phenolic OH excluding ortho intramolecular Hbond substituents is 1. The van der Waals surface area contributed by atoms with Crippen LogP contribution in [0.4, 0.5) is 4.39 Å². The van der Waals surface area contributed by atoms with Crippen LogP contribution in [0.3, 0.4) is 0 Å². The van der Waals surface area contributed by atoms with E-state index in [4.69, 9.17) is 9.47 Å². The quantitative estimate of drug-likeness (QED) is 0.854. The van der Waals surface area contributed by atoms with E-state index in [1.807, 2.05) is 0 Å². The van der Waals surface area contributed by atoms with Crippen molar-refractivity contribution in [2.75, 3.05) is 20.0 Å². The van der Waals surface area contributed by atoms with Crippen LogP contribution < -0.4 is 9.47 Å². The Labute approximate surface area is 142 Å². The van der Waals surface area contributed by atoms with Gasteiger partial charge in [-0.15, -0.1) is 11.8 Å². The summed E-state index contributed by atoms with van der Waals surface area (Å²) in [5.74, 6) is 0.264. The lowest BCUT2D eigenvalue weighted by molar-refractivity contribution is 0.103. The lowest BCUT2D eigenvalue weighted by Gasteiger charge is -2.17. The molecule has 0 amide bonds. The van der Waals surface area contributed by atoms with Crippen molar-refractivity contribution in [2.45, 2.75) is 4.90 Å². The predicted molar refractivity (Wildman–Crippen MR) is 90.6 cm³/mol. The van der Waals surface area contributed by atoms with Gasteiger partial charge in [-0.05, 0) is 42.0 Å². The highest BCUT2D eigenvalue weighted by atomic mass is 32.2. The Morgan fingerprint density at radius 3 is 2.46 bits per heavy atom. The van der Waals surface area contributed by atoms with Crippen molar-refractivity contribution in [3.8, 4) is 17.2 Å². The molecule has 0 saturated carbocycles. The number of hydrogen-bond acceptors (Lipinski definition) is 5. The average Bonchev–Trinajstić information content (AvgIpc) is 2.59. The summed E-state index contributed by atoms with van der Waals surface area (Å²) in [6, 6.07) is 7.46. The van der Waals surface area contributed by atoms with Crippen molar-refractivity contribution in [3.63, 3.8) is 0 Å². The number of Topliss-reactive ketones (excluding diaryl/α,β-unsaturated/α-hetero) is 1. The SMILES string of the molecule is COc1cc(/C=C2\CSc3ccc(F)cc3C2=O)cc(OC)c1O. The summed E-state index contributed by atoms with van der Waals surface area (Å²) >= 11 is 1.48. The summed E-state index contributed by atoms with van der Waals surface area (Å²) in [7, 11) is 2.87. The van der Waals surface area contributed by atoms with Crippen LogP contribution in [0.1, 0.15) is 15.9 Å². The van der Waals surface area contributed by atoms with E-state index in [1.165, 1.54) is 38.1 Å². The molecule has 124 valence electrons. The Bertz CT molecular complexity index is 820. The van der Waals surface area contributed by atoms with Crippen LogP contribution in [0.5, 0.6) is 17.2 Å². The van der Waals surface area contributed by atoms with Gasteiger partial charge in [-0.3, -0.25) is 4.79 Å². The summed E-state index contributed by atoms with van der Waals surface area (Å²) in [4.78, 5) is 13.4. The molecule has 0 atom stereocenters. The van der Waals surface area contributed by atoms with Gasteiger partial charge in [0.05, 0.1) is 14.2 Å². The highest BCUT2D eigenvalue weighted by molar-refractivity contribution is 7.99. The molecule has 1 aliphatic rings. The van der Waals surface area contributed by atoms with Crippen LogP contribution in [-0.2, 0) is 0 Å². The third-order valence-electron chi connectivity index (χ3n) is 3.70. The number of benzene rings is 2. The number of rotatable bonds is 3. The standard InChI is InChI=1S/C18H15FO4S/c1-22-14-6-10(7-15(23-2)18(14)21)5-11-9-24-16-4-3-12(19)8-13(16)17(11)20/h3-8,21H,9H2,1-2H3/b11-5+. The van der Waals surface area contributed by atoms with E-state index >= 15 is 0 Å². The molecule has 6 heteroatoms. The Hall–Kier alpha value is -2.47. The number of thioether (sulfide) groups is 1. The molecular weight excluding hydrogens is 331 g/mol. The first-order chi connectivity index (χ1) is 11.5. The largest absolute Gasteiger partial charge is 0.502 e. The van der Waals surface area contributed by atoms with Crippen LogP contribution in [-0.4, -0.2) is 30.9 Å². The van der Waals surface area contributed by atoms with Gasteiger partial charge in [0.1, 0.15) is 5.82 Å². The number of phenols is 1. The van der Waals surface area contributed by atoms with E-state index in [0.29, 0.717) is 22.5 Å². The third-order valence-corrected chi connectivity index (χ3v) is 4.83. The second-order valence-electron chi connectivity index (χ2n) is 5.20. The lowest BCUT2D eigenvalue weighted by Crippen LogP contribution is -2.12. The molecule has 0 spiro atoms. The molecule has 1 heterocycles. The van der Waals surface area contributed by atoms with Gasteiger partial charge in [-0.1, -0.05) is 0 Å². The minimum Gasteiger partial charge on any atom is -0.502 e. The Morgan fingerprint density at radius 1 is 1.17 bits per heavy atom. The molecule has 3 rings (SSSR count). The van der Waals surface area contributed by atoms with E-state index in [9.17, 15) is 14.3 Å². The van der Waals surface area contributed by atoms with Crippen LogP contribution in [0.15, 0.2) is 40.8 Å². The first kappa shape index (κ1) is 16.4. The van der Waals surface area contributed by atoms with Gasteiger partial charge in [0.2, 0.25) is 5.75 Å². The number of ether oxygens (including phenoxy) is 2. The molecule has 1 N–H and O–H groups in total. The molecule has 4 nitrogen and oxygen atoms in total. The fourth-order valence-corrected chi connectivity index (χ4v) is 3.50. The van der Waals surface area contributed by atoms with Gasteiger partial charge < -0.3 is 14.6 Å². The molecule has 2 aromatic carbocycles. The van der Waals surface area contributed by atoms with Crippen molar-refractivity contribution in [3.05, 3.63) is 52.8 Å². The van der Waals surface area contributed by atoms with E-state index < -0.39 is 5.82 Å². The van der Waals surface area contributed by atoms with Crippen molar-refractivity contribution >= 4 is 23.6 Å².